The SMILES string of the molecule is CCc1nn(C)cc1CNC(CN)C(C)C. The molecule has 0 radical (unpaired) electrons. The van der Waals surface area contributed by atoms with Crippen molar-refractivity contribution in [2.24, 2.45) is 18.7 Å². The predicted octanol–water partition coefficient (Wildman–Crippen LogP) is 1.06. The third-order valence-electron chi connectivity index (χ3n) is 2.94. The lowest BCUT2D eigenvalue weighted by atomic mass is 10.0. The summed E-state index contributed by atoms with van der Waals surface area (Å²) in [5.41, 5.74) is 8.19. The molecule has 0 amide bonds. The highest BCUT2D eigenvalue weighted by Crippen LogP contribution is 2.08. The van der Waals surface area contributed by atoms with Gasteiger partial charge in [-0.05, 0) is 12.3 Å². The third-order valence-corrected chi connectivity index (χ3v) is 2.94. The molecule has 1 unspecified atom stereocenters. The molecule has 92 valence electrons. The summed E-state index contributed by atoms with van der Waals surface area (Å²) >= 11 is 0. The Morgan fingerprint density at radius 3 is 2.69 bits per heavy atom. The van der Waals surface area contributed by atoms with Crippen LogP contribution in [-0.2, 0) is 20.0 Å². The quantitative estimate of drug-likeness (QED) is 0.759. The van der Waals surface area contributed by atoms with Crippen molar-refractivity contribution in [1.29, 1.82) is 0 Å². The fraction of sp³-hybridized carbons (Fsp3) is 0.750. The third kappa shape index (κ3) is 3.32. The van der Waals surface area contributed by atoms with E-state index in [9.17, 15) is 0 Å². The molecule has 0 spiro atoms. The van der Waals surface area contributed by atoms with Gasteiger partial charge in [0, 0.05) is 37.9 Å². The zero-order valence-electron chi connectivity index (χ0n) is 10.8. The Morgan fingerprint density at radius 1 is 1.50 bits per heavy atom. The van der Waals surface area contributed by atoms with Crippen LogP contribution in [-0.4, -0.2) is 22.4 Å². The van der Waals surface area contributed by atoms with Crippen LogP contribution in [0.5, 0.6) is 0 Å². The first kappa shape index (κ1) is 13.2. The molecule has 4 nitrogen and oxygen atoms in total. The van der Waals surface area contributed by atoms with E-state index in [-0.39, 0.29) is 0 Å². The summed E-state index contributed by atoms with van der Waals surface area (Å²) < 4.78 is 1.88. The van der Waals surface area contributed by atoms with Crippen molar-refractivity contribution in [2.75, 3.05) is 6.54 Å². The van der Waals surface area contributed by atoms with Gasteiger partial charge in [-0.25, -0.2) is 0 Å². The monoisotopic (exact) mass is 224 g/mol. The Labute approximate surface area is 98.2 Å². The molecule has 0 aliphatic heterocycles. The first-order valence-corrected chi connectivity index (χ1v) is 6.03. The second-order valence-corrected chi connectivity index (χ2v) is 4.60. The molecule has 1 aromatic heterocycles. The molecule has 1 heterocycles. The largest absolute Gasteiger partial charge is 0.329 e. The van der Waals surface area contributed by atoms with Gasteiger partial charge in [0.25, 0.3) is 0 Å². The molecular weight excluding hydrogens is 200 g/mol. The smallest absolute Gasteiger partial charge is 0.0666 e. The summed E-state index contributed by atoms with van der Waals surface area (Å²) in [7, 11) is 1.96. The Bertz CT molecular complexity index is 317. The normalized spacial score (nSPS) is 13.4. The van der Waals surface area contributed by atoms with E-state index in [4.69, 9.17) is 5.73 Å². The van der Waals surface area contributed by atoms with Crippen LogP contribution in [0.3, 0.4) is 0 Å². The van der Waals surface area contributed by atoms with Gasteiger partial charge >= 0.3 is 0 Å². The number of rotatable bonds is 6. The Kier molecular flexibility index (Phi) is 4.96. The number of nitrogens with zero attached hydrogens (tertiary/aromatic N) is 2. The minimum absolute atomic E-state index is 0.380. The van der Waals surface area contributed by atoms with E-state index in [0.29, 0.717) is 18.5 Å². The van der Waals surface area contributed by atoms with E-state index in [1.54, 1.807) is 0 Å². The van der Waals surface area contributed by atoms with Gasteiger partial charge in [-0.15, -0.1) is 0 Å². The van der Waals surface area contributed by atoms with Gasteiger partial charge in [0.15, 0.2) is 0 Å². The molecule has 0 fully saturated rings. The van der Waals surface area contributed by atoms with Gasteiger partial charge in [-0.2, -0.15) is 5.10 Å². The van der Waals surface area contributed by atoms with Crippen molar-refractivity contribution in [3.05, 3.63) is 17.5 Å². The van der Waals surface area contributed by atoms with Crippen molar-refractivity contribution in [3.63, 3.8) is 0 Å². The maximum atomic E-state index is 5.73. The number of hydrogen-bond acceptors (Lipinski definition) is 3. The van der Waals surface area contributed by atoms with Crippen LogP contribution < -0.4 is 11.1 Å². The van der Waals surface area contributed by atoms with E-state index < -0.39 is 0 Å². The summed E-state index contributed by atoms with van der Waals surface area (Å²) in [6.45, 7) is 8.05. The van der Waals surface area contributed by atoms with Crippen molar-refractivity contribution in [3.8, 4) is 0 Å². The minimum Gasteiger partial charge on any atom is -0.329 e. The maximum Gasteiger partial charge on any atom is 0.0666 e. The van der Waals surface area contributed by atoms with Gasteiger partial charge in [0.2, 0.25) is 0 Å². The molecule has 1 atom stereocenters. The van der Waals surface area contributed by atoms with Crippen LogP contribution in [0.15, 0.2) is 6.20 Å². The predicted molar refractivity (Wildman–Crippen MR) is 67.1 cm³/mol. The number of nitrogens with one attached hydrogen (secondary N) is 1. The number of aromatic nitrogens is 2. The van der Waals surface area contributed by atoms with Crippen LogP contribution in [0, 0.1) is 5.92 Å². The molecule has 0 saturated heterocycles. The fourth-order valence-corrected chi connectivity index (χ4v) is 1.86. The van der Waals surface area contributed by atoms with Crippen LogP contribution in [0.4, 0.5) is 0 Å². The first-order chi connectivity index (χ1) is 7.58. The van der Waals surface area contributed by atoms with Gasteiger partial charge < -0.3 is 11.1 Å². The molecule has 3 N–H and O–H groups in total. The molecule has 4 heteroatoms. The lowest BCUT2D eigenvalue weighted by Gasteiger charge is -2.20. The Balaban J connectivity index is 2.59. The highest BCUT2D eigenvalue weighted by Gasteiger charge is 2.12. The van der Waals surface area contributed by atoms with Crippen LogP contribution in [0.2, 0.25) is 0 Å². The second-order valence-electron chi connectivity index (χ2n) is 4.60. The average molecular weight is 224 g/mol. The van der Waals surface area contributed by atoms with E-state index in [2.05, 4.69) is 37.4 Å². The van der Waals surface area contributed by atoms with Crippen LogP contribution in [0.1, 0.15) is 32.0 Å². The highest BCUT2D eigenvalue weighted by atomic mass is 15.3. The number of hydrogen-bond donors (Lipinski definition) is 2. The summed E-state index contributed by atoms with van der Waals surface area (Å²) in [6.07, 6.45) is 3.06. The van der Waals surface area contributed by atoms with Crippen LogP contribution >= 0.6 is 0 Å². The molecule has 1 rings (SSSR count). The standard InChI is InChI=1S/C12H24N4/c1-5-11-10(8-16(4)15-11)7-14-12(6-13)9(2)3/h8-9,12,14H,5-7,13H2,1-4H3. The maximum absolute atomic E-state index is 5.73. The lowest BCUT2D eigenvalue weighted by molar-refractivity contribution is 0.404. The molecule has 0 aliphatic carbocycles. The zero-order valence-corrected chi connectivity index (χ0v) is 10.8. The molecule has 16 heavy (non-hydrogen) atoms. The molecule has 0 aliphatic rings. The first-order valence-electron chi connectivity index (χ1n) is 6.03. The van der Waals surface area contributed by atoms with E-state index in [1.807, 2.05) is 11.7 Å². The zero-order chi connectivity index (χ0) is 12.1. The second kappa shape index (κ2) is 6.01. The highest BCUT2D eigenvalue weighted by molar-refractivity contribution is 5.16. The lowest BCUT2D eigenvalue weighted by Crippen LogP contribution is -2.39. The number of nitrogens with two attached hydrogens (primary N) is 1. The van der Waals surface area contributed by atoms with E-state index in [0.717, 1.165) is 13.0 Å². The summed E-state index contributed by atoms with van der Waals surface area (Å²) in [5.74, 6) is 0.562. The van der Waals surface area contributed by atoms with Crippen molar-refractivity contribution in [2.45, 2.75) is 39.8 Å². The summed E-state index contributed by atoms with van der Waals surface area (Å²) in [6, 6.07) is 0.380. The van der Waals surface area contributed by atoms with Gasteiger partial charge in [-0.3, -0.25) is 4.68 Å². The van der Waals surface area contributed by atoms with Crippen molar-refractivity contribution >= 4 is 0 Å². The van der Waals surface area contributed by atoms with Crippen molar-refractivity contribution in [1.82, 2.24) is 15.1 Å². The summed E-state index contributed by atoms with van der Waals surface area (Å²) in [5, 5.41) is 7.92. The van der Waals surface area contributed by atoms with Crippen molar-refractivity contribution < 1.29 is 0 Å². The van der Waals surface area contributed by atoms with Gasteiger partial charge in [-0.1, -0.05) is 20.8 Å². The van der Waals surface area contributed by atoms with Gasteiger partial charge in [0.1, 0.15) is 0 Å². The van der Waals surface area contributed by atoms with E-state index >= 15 is 0 Å². The van der Waals surface area contributed by atoms with Crippen LogP contribution in [0.25, 0.3) is 0 Å². The van der Waals surface area contributed by atoms with Gasteiger partial charge in [0.05, 0.1) is 5.69 Å². The van der Waals surface area contributed by atoms with E-state index in [1.165, 1.54) is 11.3 Å². The number of aryl methyl sites for hydroxylation is 2. The topological polar surface area (TPSA) is 55.9 Å². The molecule has 0 saturated carbocycles. The molecule has 0 aromatic carbocycles. The fourth-order valence-electron chi connectivity index (χ4n) is 1.86. The Hall–Kier alpha value is -0.870. The molecule has 1 aromatic rings. The minimum atomic E-state index is 0.380. The molecule has 0 bridgehead atoms. The molecular formula is C12H24N4. The summed E-state index contributed by atoms with van der Waals surface area (Å²) in [4.78, 5) is 0. The Morgan fingerprint density at radius 2 is 2.19 bits per heavy atom. The average Bonchev–Trinajstić information content (AvgIpc) is 2.59.